The fourth-order valence-corrected chi connectivity index (χ4v) is 2.67. The Hall–Kier alpha value is -1.12. The van der Waals surface area contributed by atoms with E-state index in [-0.39, 0.29) is 0 Å². The molecule has 0 amide bonds. The van der Waals surface area contributed by atoms with Gasteiger partial charge in [-0.25, -0.2) is 0 Å². The first-order valence-electron chi connectivity index (χ1n) is 6.61. The van der Waals surface area contributed by atoms with Crippen molar-refractivity contribution in [3.63, 3.8) is 0 Å². The van der Waals surface area contributed by atoms with Gasteiger partial charge in [-0.3, -0.25) is 0 Å². The van der Waals surface area contributed by atoms with Crippen LogP contribution in [0.2, 0.25) is 0 Å². The van der Waals surface area contributed by atoms with Gasteiger partial charge in [-0.05, 0) is 43.5 Å². The van der Waals surface area contributed by atoms with Crippen LogP contribution in [-0.4, -0.2) is 0 Å². The van der Waals surface area contributed by atoms with Crippen LogP contribution in [0.5, 0.6) is 0 Å². The van der Waals surface area contributed by atoms with Crippen LogP contribution in [0, 0.1) is 13.8 Å². The van der Waals surface area contributed by atoms with E-state index in [0.717, 1.165) is 6.54 Å². The molecule has 1 atom stereocenters. The van der Waals surface area contributed by atoms with Crippen molar-refractivity contribution in [3.05, 3.63) is 69.2 Å². The predicted molar refractivity (Wildman–Crippen MR) is 85.3 cm³/mol. The van der Waals surface area contributed by atoms with E-state index in [0.29, 0.717) is 6.04 Å². The molecule has 100 valence electrons. The normalized spacial score (nSPS) is 12.4. The average Bonchev–Trinajstić information content (AvgIpc) is 2.38. The maximum Gasteiger partial charge on any atom is 0.0294 e. The molecule has 2 heteroatoms. The number of nitrogens with one attached hydrogen (secondary N) is 1. The van der Waals surface area contributed by atoms with Gasteiger partial charge >= 0.3 is 0 Å². The molecule has 0 aliphatic rings. The second kappa shape index (κ2) is 6.36. The molecule has 0 bridgehead atoms. The van der Waals surface area contributed by atoms with Crippen molar-refractivity contribution in [1.82, 2.24) is 5.32 Å². The summed E-state index contributed by atoms with van der Waals surface area (Å²) in [6.45, 7) is 7.30. The maximum absolute atomic E-state index is 3.62. The van der Waals surface area contributed by atoms with E-state index in [4.69, 9.17) is 0 Å². The van der Waals surface area contributed by atoms with E-state index in [1.165, 1.54) is 26.7 Å². The summed E-state index contributed by atoms with van der Waals surface area (Å²) in [7, 11) is 0. The zero-order valence-corrected chi connectivity index (χ0v) is 13.3. The van der Waals surface area contributed by atoms with Crippen molar-refractivity contribution in [2.45, 2.75) is 33.4 Å². The lowest BCUT2D eigenvalue weighted by Crippen LogP contribution is -2.18. The minimum atomic E-state index is 0.355. The molecule has 2 rings (SSSR count). The zero-order chi connectivity index (χ0) is 13.8. The lowest BCUT2D eigenvalue weighted by Gasteiger charge is -2.15. The third-order valence-corrected chi connectivity index (χ3v) is 4.12. The summed E-state index contributed by atoms with van der Waals surface area (Å²) in [6.07, 6.45) is 0. The van der Waals surface area contributed by atoms with Gasteiger partial charge in [-0.15, -0.1) is 0 Å². The van der Waals surface area contributed by atoms with Crippen LogP contribution in [0.15, 0.2) is 46.9 Å². The molecule has 1 nitrogen and oxygen atoms in total. The third kappa shape index (κ3) is 3.92. The highest BCUT2D eigenvalue weighted by atomic mass is 79.9. The highest BCUT2D eigenvalue weighted by Gasteiger charge is 2.06. The lowest BCUT2D eigenvalue weighted by molar-refractivity contribution is 0.573. The van der Waals surface area contributed by atoms with Gasteiger partial charge in [0.25, 0.3) is 0 Å². The predicted octanol–water partition coefficient (Wildman–Crippen LogP) is 4.92. The van der Waals surface area contributed by atoms with Gasteiger partial charge in [-0.2, -0.15) is 0 Å². The fraction of sp³-hybridized carbons (Fsp3) is 0.294. The first-order chi connectivity index (χ1) is 9.06. The van der Waals surface area contributed by atoms with E-state index < -0.39 is 0 Å². The Morgan fingerprint density at radius 2 is 1.63 bits per heavy atom. The van der Waals surface area contributed by atoms with Gasteiger partial charge in [0, 0.05) is 17.1 Å². The van der Waals surface area contributed by atoms with Gasteiger partial charge in [0.15, 0.2) is 0 Å². The van der Waals surface area contributed by atoms with E-state index in [1.807, 2.05) is 0 Å². The van der Waals surface area contributed by atoms with Crippen molar-refractivity contribution in [2.75, 3.05) is 0 Å². The number of benzene rings is 2. The Kier molecular flexibility index (Phi) is 4.78. The van der Waals surface area contributed by atoms with Crippen molar-refractivity contribution in [3.8, 4) is 0 Å². The molecule has 0 aliphatic carbocycles. The summed E-state index contributed by atoms with van der Waals surface area (Å²) in [5.74, 6) is 0. The molecule has 0 saturated heterocycles. The average molecular weight is 318 g/mol. The molecular formula is C17H20BrN. The van der Waals surface area contributed by atoms with Gasteiger partial charge in [0.2, 0.25) is 0 Å². The number of rotatable bonds is 4. The third-order valence-electron chi connectivity index (χ3n) is 3.38. The molecular weight excluding hydrogens is 298 g/mol. The topological polar surface area (TPSA) is 12.0 Å². The Balaban J connectivity index is 2.00. The van der Waals surface area contributed by atoms with Crippen LogP contribution in [-0.2, 0) is 6.54 Å². The highest BCUT2D eigenvalue weighted by molar-refractivity contribution is 9.10. The Labute approximate surface area is 124 Å². The zero-order valence-electron chi connectivity index (χ0n) is 11.7. The second-order valence-electron chi connectivity index (χ2n) is 5.11. The minimum absolute atomic E-state index is 0.355. The van der Waals surface area contributed by atoms with Crippen molar-refractivity contribution in [1.29, 1.82) is 0 Å². The van der Waals surface area contributed by atoms with Crippen LogP contribution in [0.25, 0.3) is 0 Å². The molecule has 0 saturated carbocycles. The van der Waals surface area contributed by atoms with E-state index >= 15 is 0 Å². The van der Waals surface area contributed by atoms with Crippen LogP contribution in [0.1, 0.15) is 35.2 Å². The largest absolute Gasteiger partial charge is 0.306 e. The highest BCUT2D eigenvalue weighted by Crippen LogP contribution is 2.20. The van der Waals surface area contributed by atoms with Gasteiger partial charge < -0.3 is 5.32 Å². The molecule has 2 aromatic carbocycles. The number of aryl methyl sites for hydroxylation is 2. The maximum atomic E-state index is 3.62. The molecule has 1 N–H and O–H groups in total. The van der Waals surface area contributed by atoms with Crippen molar-refractivity contribution < 1.29 is 0 Å². The Morgan fingerprint density at radius 3 is 2.26 bits per heavy atom. The van der Waals surface area contributed by atoms with Crippen LogP contribution < -0.4 is 5.32 Å². The van der Waals surface area contributed by atoms with Gasteiger partial charge in [-0.1, -0.05) is 57.9 Å². The number of halogens is 1. The standard InChI is InChI=1S/C17H20BrN/c1-12-4-7-15(8-5-12)14(3)19-11-16-9-6-13(2)10-17(16)18/h4-10,14,19H,11H2,1-3H3. The van der Waals surface area contributed by atoms with Crippen LogP contribution in [0.3, 0.4) is 0 Å². The first-order valence-corrected chi connectivity index (χ1v) is 7.40. The van der Waals surface area contributed by atoms with E-state index in [9.17, 15) is 0 Å². The summed E-state index contributed by atoms with van der Waals surface area (Å²) in [6, 6.07) is 15.5. The minimum Gasteiger partial charge on any atom is -0.306 e. The van der Waals surface area contributed by atoms with Crippen LogP contribution >= 0.6 is 15.9 Å². The van der Waals surface area contributed by atoms with E-state index in [1.54, 1.807) is 0 Å². The van der Waals surface area contributed by atoms with Gasteiger partial charge in [0.1, 0.15) is 0 Å². The first kappa shape index (κ1) is 14.3. The van der Waals surface area contributed by atoms with Gasteiger partial charge in [0.05, 0.1) is 0 Å². The SMILES string of the molecule is Cc1ccc(C(C)NCc2ccc(C)cc2Br)cc1. The molecule has 0 aromatic heterocycles. The lowest BCUT2D eigenvalue weighted by atomic mass is 10.1. The molecule has 0 spiro atoms. The number of hydrogen-bond acceptors (Lipinski definition) is 1. The Bertz CT molecular complexity index is 546. The van der Waals surface area contributed by atoms with Crippen molar-refractivity contribution in [2.24, 2.45) is 0 Å². The molecule has 19 heavy (non-hydrogen) atoms. The molecule has 2 aromatic rings. The summed E-state index contributed by atoms with van der Waals surface area (Å²) in [5, 5.41) is 3.56. The smallest absolute Gasteiger partial charge is 0.0294 e. The molecule has 0 aliphatic heterocycles. The monoisotopic (exact) mass is 317 g/mol. The molecule has 0 fully saturated rings. The van der Waals surface area contributed by atoms with E-state index in [2.05, 4.69) is 84.5 Å². The quantitative estimate of drug-likeness (QED) is 0.844. The summed E-state index contributed by atoms with van der Waals surface area (Å²) in [5.41, 5.74) is 5.21. The van der Waals surface area contributed by atoms with Crippen molar-refractivity contribution >= 4 is 15.9 Å². The molecule has 0 heterocycles. The Morgan fingerprint density at radius 1 is 1.00 bits per heavy atom. The molecule has 1 unspecified atom stereocenters. The summed E-state index contributed by atoms with van der Waals surface area (Å²) >= 11 is 3.62. The van der Waals surface area contributed by atoms with Crippen LogP contribution in [0.4, 0.5) is 0 Å². The number of hydrogen-bond donors (Lipinski definition) is 1. The fourth-order valence-electron chi connectivity index (χ4n) is 2.03. The summed E-state index contributed by atoms with van der Waals surface area (Å²) < 4.78 is 1.18. The summed E-state index contributed by atoms with van der Waals surface area (Å²) in [4.78, 5) is 0. The molecule has 0 radical (unpaired) electrons. The second-order valence-corrected chi connectivity index (χ2v) is 5.96.